The predicted octanol–water partition coefficient (Wildman–Crippen LogP) is 2.78. The molecule has 2 rings (SSSR count). The van der Waals surface area contributed by atoms with Gasteiger partial charge in [0.1, 0.15) is 0 Å². The first-order valence-electron chi connectivity index (χ1n) is 3.57. The van der Waals surface area contributed by atoms with E-state index in [0.29, 0.717) is 11.3 Å². The van der Waals surface area contributed by atoms with Gasteiger partial charge in [0.05, 0.1) is 0 Å². The van der Waals surface area contributed by atoms with Crippen LogP contribution >= 0.6 is 11.6 Å². The Morgan fingerprint density at radius 2 is 1.80 bits per heavy atom. The second-order valence-electron chi connectivity index (χ2n) is 2.77. The van der Waals surface area contributed by atoms with Crippen molar-refractivity contribution in [3.63, 3.8) is 0 Å². The molecule has 1 aromatic carbocycles. The Bertz CT molecular complexity index is 217. The van der Waals surface area contributed by atoms with E-state index in [9.17, 15) is 0 Å². The van der Waals surface area contributed by atoms with E-state index >= 15 is 0 Å². The Morgan fingerprint density at radius 1 is 1.20 bits per heavy atom. The third-order valence-electron chi connectivity index (χ3n) is 1.94. The molecule has 10 heavy (non-hydrogen) atoms. The van der Waals surface area contributed by atoms with Gasteiger partial charge in [0.25, 0.3) is 0 Å². The zero-order chi connectivity index (χ0) is 6.97. The van der Waals surface area contributed by atoms with Crippen molar-refractivity contribution >= 4 is 11.6 Å². The van der Waals surface area contributed by atoms with Crippen LogP contribution in [0.1, 0.15) is 17.9 Å². The molecule has 0 bridgehead atoms. The van der Waals surface area contributed by atoms with Crippen LogP contribution in [-0.4, -0.2) is 5.38 Å². The van der Waals surface area contributed by atoms with Crippen LogP contribution in [0.4, 0.5) is 0 Å². The Morgan fingerprint density at radius 3 is 2.30 bits per heavy atom. The first kappa shape index (κ1) is 6.23. The SMILES string of the molecule is Cl[C@@H]1C[C@@H]1c1ccccc1. The number of alkyl halides is 1. The lowest BCUT2D eigenvalue weighted by molar-refractivity contribution is 1.13. The van der Waals surface area contributed by atoms with Crippen molar-refractivity contribution in [2.45, 2.75) is 17.7 Å². The highest BCUT2D eigenvalue weighted by molar-refractivity contribution is 6.23. The van der Waals surface area contributed by atoms with Crippen LogP contribution in [0, 0.1) is 0 Å². The average Bonchev–Trinajstić information content (AvgIpc) is 2.69. The summed E-state index contributed by atoms with van der Waals surface area (Å²) in [5.41, 5.74) is 1.39. The van der Waals surface area contributed by atoms with E-state index in [1.807, 2.05) is 6.07 Å². The lowest BCUT2D eigenvalue weighted by atomic mass is 10.1. The molecule has 1 heteroatoms. The number of halogens is 1. The van der Waals surface area contributed by atoms with Crippen molar-refractivity contribution in [2.24, 2.45) is 0 Å². The van der Waals surface area contributed by atoms with Crippen LogP contribution in [0.15, 0.2) is 30.3 Å². The summed E-state index contributed by atoms with van der Waals surface area (Å²) in [7, 11) is 0. The summed E-state index contributed by atoms with van der Waals surface area (Å²) < 4.78 is 0. The van der Waals surface area contributed by atoms with Crippen LogP contribution in [0.5, 0.6) is 0 Å². The van der Waals surface area contributed by atoms with Gasteiger partial charge in [0.2, 0.25) is 0 Å². The number of hydrogen-bond donors (Lipinski definition) is 0. The quantitative estimate of drug-likeness (QED) is 0.543. The topological polar surface area (TPSA) is 0 Å². The van der Waals surface area contributed by atoms with Crippen molar-refractivity contribution in [1.29, 1.82) is 0 Å². The summed E-state index contributed by atoms with van der Waals surface area (Å²) in [6.45, 7) is 0. The second kappa shape index (κ2) is 2.28. The molecular formula is C9H9Cl. The lowest BCUT2D eigenvalue weighted by Crippen LogP contribution is -1.78. The van der Waals surface area contributed by atoms with E-state index in [0.717, 1.165) is 6.42 Å². The molecule has 0 nitrogen and oxygen atoms in total. The average molecular weight is 153 g/mol. The fraction of sp³-hybridized carbons (Fsp3) is 0.333. The Balaban J connectivity index is 2.20. The third kappa shape index (κ3) is 1.04. The molecule has 1 saturated carbocycles. The third-order valence-corrected chi connectivity index (χ3v) is 2.42. The van der Waals surface area contributed by atoms with Gasteiger partial charge in [-0.15, -0.1) is 11.6 Å². The summed E-state index contributed by atoms with van der Waals surface area (Å²) >= 11 is 5.89. The Kier molecular flexibility index (Phi) is 1.42. The van der Waals surface area contributed by atoms with Crippen molar-refractivity contribution in [2.75, 3.05) is 0 Å². The van der Waals surface area contributed by atoms with E-state index in [2.05, 4.69) is 24.3 Å². The fourth-order valence-corrected chi connectivity index (χ4v) is 1.55. The largest absolute Gasteiger partial charge is 0.122 e. The molecule has 52 valence electrons. The molecule has 0 unspecified atom stereocenters. The highest BCUT2D eigenvalue weighted by Gasteiger charge is 2.35. The summed E-state index contributed by atoms with van der Waals surface area (Å²) in [6, 6.07) is 10.5. The van der Waals surface area contributed by atoms with E-state index in [1.54, 1.807) is 0 Å². The van der Waals surface area contributed by atoms with Gasteiger partial charge in [0.15, 0.2) is 0 Å². The molecular weight excluding hydrogens is 144 g/mol. The zero-order valence-corrected chi connectivity index (χ0v) is 6.38. The summed E-state index contributed by atoms with van der Waals surface area (Å²) in [4.78, 5) is 0. The first-order valence-corrected chi connectivity index (χ1v) is 4.00. The molecule has 0 amide bonds. The van der Waals surface area contributed by atoms with Crippen molar-refractivity contribution in [1.82, 2.24) is 0 Å². The number of rotatable bonds is 1. The normalized spacial score (nSPS) is 30.1. The molecule has 1 aliphatic rings. The van der Waals surface area contributed by atoms with Gasteiger partial charge in [-0.25, -0.2) is 0 Å². The molecule has 0 spiro atoms. The minimum absolute atomic E-state index is 0.405. The predicted molar refractivity (Wildman–Crippen MR) is 43.4 cm³/mol. The minimum Gasteiger partial charge on any atom is -0.122 e. The molecule has 1 aliphatic carbocycles. The lowest BCUT2D eigenvalue weighted by Gasteiger charge is -1.93. The maximum Gasteiger partial charge on any atom is 0.0411 e. The Labute approximate surface area is 65.8 Å². The van der Waals surface area contributed by atoms with Crippen molar-refractivity contribution < 1.29 is 0 Å². The van der Waals surface area contributed by atoms with Crippen LogP contribution in [-0.2, 0) is 0 Å². The molecule has 0 saturated heterocycles. The molecule has 1 aromatic rings. The fourth-order valence-electron chi connectivity index (χ4n) is 1.21. The van der Waals surface area contributed by atoms with Crippen molar-refractivity contribution in [3.05, 3.63) is 35.9 Å². The van der Waals surface area contributed by atoms with Gasteiger partial charge in [-0.2, -0.15) is 0 Å². The van der Waals surface area contributed by atoms with Gasteiger partial charge in [-0.05, 0) is 12.0 Å². The molecule has 0 aliphatic heterocycles. The molecule has 0 heterocycles. The smallest absolute Gasteiger partial charge is 0.0411 e. The van der Waals surface area contributed by atoms with E-state index in [4.69, 9.17) is 11.6 Å². The highest BCUT2D eigenvalue weighted by Crippen LogP contribution is 2.44. The molecule has 0 N–H and O–H groups in total. The van der Waals surface area contributed by atoms with Gasteiger partial charge in [-0.1, -0.05) is 30.3 Å². The molecule has 0 radical (unpaired) electrons. The summed E-state index contributed by atoms with van der Waals surface area (Å²) in [5.74, 6) is 0.642. The Hall–Kier alpha value is -0.490. The second-order valence-corrected chi connectivity index (χ2v) is 3.33. The van der Waals surface area contributed by atoms with Crippen molar-refractivity contribution in [3.8, 4) is 0 Å². The van der Waals surface area contributed by atoms with E-state index in [-0.39, 0.29) is 0 Å². The summed E-state index contributed by atoms with van der Waals surface area (Å²) in [6.07, 6.45) is 1.16. The van der Waals surface area contributed by atoms with Gasteiger partial charge < -0.3 is 0 Å². The van der Waals surface area contributed by atoms with Crippen LogP contribution in [0.25, 0.3) is 0 Å². The van der Waals surface area contributed by atoms with E-state index < -0.39 is 0 Å². The van der Waals surface area contributed by atoms with Crippen LogP contribution in [0.3, 0.4) is 0 Å². The number of benzene rings is 1. The molecule has 2 atom stereocenters. The number of hydrogen-bond acceptors (Lipinski definition) is 0. The summed E-state index contributed by atoms with van der Waals surface area (Å²) in [5, 5.41) is 0.405. The maximum absolute atomic E-state index is 5.89. The minimum atomic E-state index is 0.405. The highest BCUT2D eigenvalue weighted by atomic mass is 35.5. The molecule has 0 aromatic heterocycles. The van der Waals surface area contributed by atoms with E-state index in [1.165, 1.54) is 5.56 Å². The van der Waals surface area contributed by atoms with Gasteiger partial charge in [0, 0.05) is 11.3 Å². The van der Waals surface area contributed by atoms with Gasteiger partial charge >= 0.3 is 0 Å². The monoisotopic (exact) mass is 152 g/mol. The van der Waals surface area contributed by atoms with Crippen LogP contribution < -0.4 is 0 Å². The zero-order valence-electron chi connectivity index (χ0n) is 5.63. The standard InChI is InChI=1S/C9H9Cl/c10-9-6-8(9)7-4-2-1-3-5-7/h1-5,8-9H,6H2/t8-,9-/m1/s1. The van der Waals surface area contributed by atoms with Crippen LogP contribution in [0.2, 0.25) is 0 Å². The maximum atomic E-state index is 5.89. The first-order chi connectivity index (χ1) is 4.88. The van der Waals surface area contributed by atoms with Gasteiger partial charge in [-0.3, -0.25) is 0 Å². The molecule has 1 fully saturated rings.